The Morgan fingerprint density at radius 2 is 1.69 bits per heavy atom. The minimum Gasteiger partial charge on any atom is -0.437 e. The molecule has 0 aromatic heterocycles. The van der Waals surface area contributed by atoms with Crippen LogP contribution >= 0.6 is 0 Å². The van der Waals surface area contributed by atoms with Gasteiger partial charge in [0.05, 0.1) is 0 Å². The Morgan fingerprint density at radius 1 is 1.19 bits per heavy atom. The van der Waals surface area contributed by atoms with Crippen molar-refractivity contribution in [1.29, 1.82) is 0 Å². The number of nitrogens with zero attached hydrogens (tertiary/aromatic N) is 1. The lowest BCUT2D eigenvalue weighted by atomic mass is 10.3. The van der Waals surface area contributed by atoms with Crippen molar-refractivity contribution in [2.24, 2.45) is 5.73 Å². The number of primary amides is 1. The predicted molar refractivity (Wildman–Crippen MR) is 61.5 cm³/mol. The number of carbonyl (C=O) groups excluding carboxylic acids is 2. The number of hydrogen-bond donors (Lipinski definition) is 1. The molecule has 1 unspecified atom stereocenters. The van der Waals surface area contributed by atoms with E-state index in [0.717, 1.165) is 12.8 Å². The lowest BCUT2D eigenvalue weighted by Gasteiger charge is -2.28. The van der Waals surface area contributed by atoms with Crippen molar-refractivity contribution in [3.05, 3.63) is 0 Å². The summed E-state index contributed by atoms with van der Waals surface area (Å²) < 4.78 is 5.04. The van der Waals surface area contributed by atoms with Crippen molar-refractivity contribution < 1.29 is 14.3 Å². The highest BCUT2D eigenvalue weighted by Crippen LogP contribution is 2.05. The van der Waals surface area contributed by atoms with Gasteiger partial charge in [0, 0.05) is 19.5 Å². The first kappa shape index (κ1) is 14.9. The molecule has 0 heterocycles. The summed E-state index contributed by atoms with van der Waals surface area (Å²) in [5, 5.41) is 0. The van der Waals surface area contributed by atoms with Crippen molar-refractivity contribution in [3.63, 3.8) is 0 Å². The largest absolute Gasteiger partial charge is 0.437 e. The number of rotatable bonds is 8. The first-order valence-corrected chi connectivity index (χ1v) is 5.79. The summed E-state index contributed by atoms with van der Waals surface area (Å²) in [7, 11) is 0. The monoisotopic (exact) mass is 230 g/mol. The Bertz CT molecular complexity index is 225. The average molecular weight is 230 g/mol. The zero-order chi connectivity index (χ0) is 12.6. The van der Waals surface area contributed by atoms with E-state index in [1.807, 2.05) is 13.8 Å². The third-order valence-electron chi connectivity index (χ3n) is 2.13. The Morgan fingerprint density at radius 3 is 2.00 bits per heavy atom. The van der Waals surface area contributed by atoms with Gasteiger partial charge < -0.3 is 10.5 Å². The molecule has 5 heteroatoms. The fourth-order valence-electron chi connectivity index (χ4n) is 1.44. The van der Waals surface area contributed by atoms with E-state index in [1.54, 1.807) is 11.8 Å². The lowest BCUT2D eigenvalue weighted by molar-refractivity contribution is -0.166. The van der Waals surface area contributed by atoms with Crippen LogP contribution in [0.25, 0.3) is 0 Å². The molecule has 16 heavy (non-hydrogen) atoms. The van der Waals surface area contributed by atoms with E-state index >= 15 is 0 Å². The Kier molecular flexibility index (Phi) is 7.54. The first-order valence-electron chi connectivity index (χ1n) is 5.79. The smallest absolute Gasteiger partial charge is 0.307 e. The van der Waals surface area contributed by atoms with Gasteiger partial charge in [-0.3, -0.25) is 14.5 Å². The normalized spacial score (nSPS) is 12.5. The van der Waals surface area contributed by atoms with Gasteiger partial charge in [0.25, 0.3) is 5.91 Å². The maximum atomic E-state index is 11.2. The van der Waals surface area contributed by atoms with Crippen LogP contribution in [-0.2, 0) is 14.3 Å². The van der Waals surface area contributed by atoms with Gasteiger partial charge in [-0.25, -0.2) is 0 Å². The van der Waals surface area contributed by atoms with E-state index in [9.17, 15) is 9.59 Å². The molecule has 5 nitrogen and oxygen atoms in total. The van der Waals surface area contributed by atoms with Crippen LogP contribution in [-0.4, -0.2) is 36.1 Å². The third-order valence-corrected chi connectivity index (χ3v) is 2.13. The Labute approximate surface area is 96.9 Å². The van der Waals surface area contributed by atoms with Crippen molar-refractivity contribution >= 4 is 11.9 Å². The molecular weight excluding hydrogens is 208 g/mol. The highest BCUT2D eigenvalue weighted by molar-refractivity contribution is 5.81. The first-order chi connectivity index (χ1) is 7.56. The number of carbonyl (C=O) groups is 2. The molecule has 0 aromatic rings. The molecule has 0 fully saturated rings. The molecule has 1 amide bonds. The van der Waals surface area contributed by atoms with Crippen molar-refractivity contribution in [3.8, 4) is 0 Å². The number of ether oxygens (including phenoxy) is 1. The topological polar surface area (TPSA) is 72.6 Å². The Balaban J connectivity index is 4.56. The van der Waals surface area contributed by atoms with E-state index in [-0.39, 0.29) is 6.42 Å². The van der Waals surface area contributed by atoms with Gasteiger partial charge in [-0.2, -0.15) is 0 Å². The van der Waals surface area contributed by atoms with Gasteiger partial charge >= 0.3 is 5.97 Å². The SMILES string of the molecule is CCCN(CCC)C(OC(=O)CC)C(N)=O. The highest BCUT2D eigenvalue weighted by Gasteiger charge is 2.25. The number of esters is 1. The van der Waals surface area contributed by atoms with Gasteiger partial charge in [-0.15, -0.1) is 0 Å². The van der Waals surface area contributed by atoms with Crippen molar-refractivity contribution in [1.82, 2.24) is 4.90 Å². The molecule has 0 aliphatic carbocycles. The van der Waals surface area contributed by atoms with E-state index in [4.69, 9.17) is 10.5 Å². The number of nitrogens with two attached hydrogens (primary N) is 1. The Hall–Kier alpha value is -1.10. The van der Waals surface area contributed by atoms with Crippen LogP contribution in [0, 0.1) is 0 Å². The molecule has 0 radical (unpaired) electrons. The molecular formula is C11H22N2O3. The second-order valence-corrected chi connectivity index (χ2v) is 3.63. The standard InChI is InChI=1S/C11H22N2O3/c1-4-7-13(8-5-2)11(10(12)15)16-9(14)6-3/h11H,4-8H2,1-3H3,(H2,12,15). The zero-order valence-corrected chi connectivity index (χ0v) is 10.4. The van der Waals surface area contributed by atoms with Crippen LogP contribution in [0.2, 0.25) is 0 Å². The fourth-order valence-corrected chi connectivity index (χ4v) is 1.44. The van der Waals surface area contributed by atoms with Gasteiger partial charge in [0.2, 0.25) is 6.23 Å². The van der Waals surface area contributed by atoms with Gasteiger partial charge in [-0.05, 0) is 12.8 Å². The van der Waals surface area contributed by atoms with E-state index in [1.165, 1.54) is 0 Å². The summed E-state index contributed by atoms with van der Waals surface area (Å²) in [6, 6.07) is 0. The van der Waals surface area contributed by atoms with E-state index in [0.29, 0.717) is 13.1 Å². The van der Waals surface area contributed by atoms with Gasteiger partial charge in [0.1, 0.15) is 0 Å². The average Bonchev–Trinajstić information content (AvgIpc) is 2.25. The highest BCUT2D eigenvalue weighted by atomic mass is 16.6. The number of hydrogen-bond acceptors (Lipinski definition) is 4. The minimum absolute atomic E-state index is 0.246. The summed E-state index contributed by atoms with van der Waals surface area (Å²) in [6.07, 6.45) is 1.09. The molecule has 0 aromatic carbocycles. The minimum atomic E-state index is -0.924. The van der Waals surface area contributed by atoms with Crippen LogP contribution in [0.3, 0.4) is 0 Å². The molecule has 0 rings (SSSR count). The van der Waals surface area contributed by atoms with Crippen LogP contribution < -0.4 is 5.73 Å². The summed E-state index contributed by atoms with van der Waals surface area (Å²) in [5.41, 5.74) is 5.24. The van der Waals surface area contributed by atoms with Crippen LogP contribution in [0.5, 0.6) is 0 Å². The fraction of sp³-hybridized carbons (Fsp3) is 0.818. The van der Waals surface area contributed by atoms with Crippen LogP contribution in [0.1, 0.15) is 40.0 Å². The maximum absolute atomic E-state index is 11.2. The predicted octanol–water partition coefficient (Wildman–Crippen LogP) is 0.873. The third kappa shape index (κ3) is 5.11. The van der Waals surface area contributed by atoms with Gasteiger partial charge in [0.15, 0.2) is 0 Å². The lowest BCUT2D eigenvalue weighted by Crippen LogP contribution is -2.48. The zero-order valence-electron chi connectivity index (χ0n) is 10.4. The second-order valence-electron chi connectivity index (χ2n) is 3.63. The summed E-state index contributed by atoms with van der Waals surface area (Å²) >= 11 is 0. The molecule has 0 spiro atoms. The second kappa shape index (κ2) is 8.10. The number of amides is 1. The molecule has 94 valence electrons. The van der Waals surface area contributed by atoms with Crippen LogP contribution in [0.15, 0.2) is 0 Å². The summed E-state index contributed by atoms with van der Waals surface area (Å²) in [4.78, 5) is 24.2. The molecule has 0 aliphatic heterocycles. The molecule has 0 bridgehead atoms. The van der Waals surface area contributed by atoms with Crippen molar-refractivity contribution in [2.75, 3.05) is 13.1 Å². The summed E-state index contributed by atoms with van der Waals surface area (Å²) in [5.74, 6) is -1.01. The van der Waals surface area contributed by atoms with E-state index in [2.05, 4.69) is 0 Å². The van der Waals surface area contributed by atoms with E-state index < -0.39 is 18.1 Å². The quantitative estimate of drug-likeness (QED) is 0.496. The molecule has 1 atom stereocenters. The molecule has 0 saturated carbocycles. The summed E-state index contributed by atoms with van der Waals surface area (Å²) in [6.45, 7) is 7.08. The van der Waals surface area contributed by atoms with Gasteiger partial charge in [-0.1, -0.05) is 20.8 Å². The molecule has 0 saturated heterocycles. The maximum Gasteiger partial charge on any atom is 0.307 e. The van der Waals surface area contributed by atoms with Crippen molar-refractivity contribution in [2.45, 2.75) is 46.3 Å². The molecule has 0 aliphatic rings. The van der Waals surface area contributed by atoms with Crippen LogP contribution in [0.4, 0.5) is 0 Å². The molecule has 2 N–H and O–H groups in total.